The number of H-pyrrole nitrogens is 1. The van der Waals surface area contributed by atoms with E-state index in [2.05, 4.69) is 28.1 Å². The zero-order valence-electron chi connectivity index (χ0n) is 11.8. The highest BCUT2D eigenvalue weighted by Crippen LogP contribution is 2.24. The van der Waals surface area contributed by atoms with Gasteiger partial charge in [0.15, 0.2) is 0 Å². The van der Waals surface area contributed by atoms with Crippen LogP contribution in [0.2, 0.25) is 10.0 Å². The van der Waals surface area contributed by atoms with E-state index in [4.69, 9.17) is 23.2 Å². The number of anilines is 1. The Morgan fingerprint density at radius 3 is 2.57 bits per heavy atom. The Bertz CT molecular complexity index is 596. The maximum absolute atomic E-state index is 6.28. The van der Waals surface area contributed by atoms with Gasteiger partial charge < -0.3 is 4.90 Å². The van der Waals surface area contributed by atoms with Gasteiger partial charge in [-0.3, -0.25) is 4.90 Å². The van der Waals surface area contributed by atoms with Gasteiger partial charge in [-0.25, -0.2) is 4.98 Å². The molecule has 3 rings (SSSR count). The first-order valence-electron chi connectivity index (χ1n) is 7.22. The van der Waals surface area contributed by atoms with E-state index in [-0.39, 0.29) is 0 Å². The molecule has 0 radical (unpaired) electrons. The molecule has 2 aromatic rings. The number of aromatic nitrogens is 1. The van der Waals surface area contributed by atoms with Crippen LogP contribution in [0.4, 0.5) is 5.82 Å². The number of halogens is 2. The number of piperazine rings is 1. The molecule has 0 amide bonds. The molecule has 0 atom stereocenters. The summed E-state index contributed by atoms with van der Waals surface area (Å²) in [4.78, 5) is 7.24. The standard InChI is InChI=1S/C16H17Cl2N3/c17-14-5-3-4-13(16(14)18)12-20-8-10-21(11-9-20)15-6-1-2-7-19-15/h1-7H,8-12H2/p+2. The molecule has 1 saturated heterocycles. The highest BCUT2D eigenvalue weighted by molar-refractivity contribution is 6.42. The van der Waals surface area contributed by atoms with Gasteiger partial charge in [0.2, 0.25) is 0 Å². The Kier molecular flexibility index (Phi) is 4.63. The number of benzene rings is 1. The highest BCUT2D eigenvalue weighted by atomic mass is 35.5. The van der Waals surface area contributed by atoms with E-state index in [1.54, 1.807) is 4.90 Å². The zero-order valence-corrected chi connectivity index (χ0v) is 13.3. The monoisotopic (exact) mass is 323 g/mol. The van der Waals surface area contributed by atoms with Crippen molar-refractivity contribution in [1.29, 1.82) is 0 Å². The SMILES string of the molecule is Clc1cccc(C[NH+]2CCN(c3cccc[nH+]3)CC2)c1Cl. The van der Waals surface area contributed by atoms with Crippen molar-refractivity contribution in [1.82, 2.24) is 0 Å². The molecule has 0 spiro atoms. The van der Waals surface area contributed by atoms with Crippen LogP contribution in [0.5, 0.6) is 0 Å². The molecule has 3 nitrogen and oxygen atoms in total. The van der Waals surface area contributed by atoms with E-state index in [1.165, 1.54) is 5.82 Å². The van der Waals surface area contributed by atoms with Crippen molar-refractivity contribution >= 4 is 29.0 Å². The summed E-state index contributed by atoms with van der Waals surface area (Å²) in [6, 6.07) is 12.1. The first kappa shape index (κ1) is 14.6. The Morgan fingerprint density at radius 2 is 1.86 bits per heavy atom. The summed E-state index contributed by atoms with van der Waals surface area (Å²) in [5, 5.41) is 1.34. The predicted octanol–water partition coefficient (Wildman–Crippen LogP) is 1.71. The van der Waals surface area contributed by atoms with Crippen LogP contribution in [0, 0.1) is 0 Å². The fraction of sp³-hybridized carbons (Fsp3) is 0.312. The fourth-order valence-corrected chi connectivity index (χ4v) is 3.16. The Labute approximate surface area is 135 Å². The summed E-state index contributed by atoms with van der Waals surface area (Å²) in [6.07, 6.45) is 1.97. The van der Waals surface area contributed by atoms with Crippen molar-refractivity contribution in [2.24, 2.45) is 0 Å². The van der Waals surface area contributed by atoms with Gasteiger partial charge in [-0.2, -0.15) is 0 Å². The van der Waals surface area contributed by atoms with Crippen LogP contribution in [0.25, 0.3) is 0 Å². The first-order chi connectivity index (χ1) is 10.2. The van der Waals surface area contributed by atoms with Gasteiger partial charge in [-0.15, -0.1) is 0 Å². The van der Waals surface area contributed by atoms with E-state index in [0.717, 1.165) is 38.3 Å². The Morgan fingerprint density at radius 1 is 1.05 bits per heavy atom. The Hall–Kier alpha value is -1.29. The van der Waals surface area contributed by atoms with Gasteiger partial charge in [0, 0.05) is 11.6 Å². The molecule has 1 aliphatic heterocycles. The van der Waals surface area contributed by atoms with Crippen molar-refractivity contribution in [2.45, 2.75) is 6.54 Å². The summed E-state index contributed by atoms with van der Waals surface area (Å²) >= 11 is 12.4. The lowest BCUT2D eigenvalue weighted by Crippen LogP contribution is -3.13. The number of aromatic amines is 1. The maximum atomic E-state index is 6.28. The lowest BCUT2D eigenvalue weighted by Gasteiger charge is -2.28. The second-order valence-electron chi connectivity index (χ2n) is 5.37. The van der Waals surface area contributed by atoms with Crippen molar-refractivity contribution in [2.75, 3.05) is 31.1 Å². The number of pyridine rings is 1. The highest BCUT2D eigenvalue weighted by Gasteiger charge is 2.26. The molecule has 21 heavy (non-hydrogen) atoms. The van der Waals surface area contributed by atoms with Crippen molar-refractivity contribution in [3.05, 3.63) is 58.2 Å². The van der Waals surface area contributed by atoms with Crippen LogP contribution in [0.1, 0.15) is 5.56 Å². The molecule has 1 aromatic carbocycles. The van der Waals surface area contributed by atoms with Crippen LogP contribution < -0.4 is 14.8 Å². The third-order valence-corrected chi connectivity index (χ3v) is 4.83. The largest absolute Gasteiger partial charge is 0.325 e. The predicted molar refractivity (Wildman–Crippen MR) is 86.1 cm³/mol. The van der Waals surface area contributed by atoms with Gasteiger partial charge in [0.1, 0.15) is 32.7 Å². The number of nitrogens with zero attached hydrogens (tertiary/aromatic N) is 1. The minimum Gasteiger partial charge on any atom is -0.325 e. The molecule has 1 aliphatic rings. The molecule has 1 aromatic heterocycles. The van der Waals surface area contributed by atoms with E-state index >= 15 is 0 Å². The summed E-state index contributed by atoms with van der Waals surface area (Å²) in [5.41, 5.74) is 1.14. The third kappa shape index (κ3) is 3.49. The van der Waals surface area contributed by atoms with E-state index in [1.807, 2.05) is 24.4 Å². The summed E-state index contributed by atoms with van der Waals surface area (Å²) in [5.74, 6) is 1.19. The van der Waals surface area contributed by atoms with Crippen LogP contribution in [-0.4, -0.2) is 26.2 Å². The van der Waals surface area contributed by atoms with E-state index in [0.29, 0.717) is 10.0 Å². The van der Waals surface area contributed by atoms with Crippen LogP contribution in [0.15, 0.2) is 42.6 Å². The number of nitrogens with one attached hydrogen (secondary N) is 2. The molecule has 0 aliphatic carbocycles. The molecule has 5 heteroatoms. The molecular weight excluding hydrogens is 305 g/mol. The number of hydrogen-bond acceptors (Lipinski definition) is 1. The lowest BCUT2D eigenvalue weighted by atomic mass is 10.2. The summed E-state index contributed by atoms with van der Waals surface area (Å²) < 4.78 is 0. The Balaban J connectivity index is 1.60. The minimum atomic E-state index is 0.645. The van der Waals surface area contributed by atoms with Gasteiger partial charge in [-0.1, -0.05) is 41.4 Å². The normalized spacial score (nSPS) is 16.2. The van der Waals surface area contributed by atoms with Gasteiger partial charge in [0.25, 0.3) is 5.82 Å². The second kappa shape index (κ2) is 6.65. The molecule has 0 unspecified atom stereocenters. The number of rotatable bonds is 3. The molecular formula is C16H19Cl2N3+2. The molecule has 2 N–H and O–H groups in total. The lowest BCUT2D eigenvalue weighted by molar-refractivity contribution is -0.914. The number of quaternary nitrogens is 1. The van der Waals surface area contributed by atoms with Crippen molar-refractivity contribution < 1.29 is 9.88 Å². The van der Waals surface area contributed by atoms with Gasteiger partial charge in [0.05, 0.1) is 16.2 Å². The first-order valence-corrected chi connectivity index (χ1v) is 7.98. The maximum Gasteiger partial charge on any atom is 0.274 e. The molecule has 1 fully saturated rings. The zero-order chi connectivity index (χ0) is 14.7. The second-order valence-corrected chi connectivity index (χ2v) is 6.16. The van der Waals surface area contributed by atoms with E-state index in [9.17, 15) is 0 Å². The van der Waals surface area contributed by atoms with E-state index < -0.39 is 0 Å². The summed E-state index contributed by atoms with van der Waals surface area (Å²) in [7, 11) is 0. The molecule has 110 valence electrons. The van der Waals surface area contributed by atoms with Crippen LogP contribution in [-0.2, 0) is 6.54 Å². The van der Waals surface area contributed by atoms with Crippen LogP contribution in [0.3, 0.4) is 0 Å². The smallest absolute Gasteiger partial charge is 0.274 e. The quantitative estimate of drug-likeness (QED) is 0.912. The summed E-state index contributed by atoms with van der Waals surface area (Å²) in [6.45, 7) is 5.24. The molecule has 2 heterocycles. The molecule has 0 saturated carbocycles. The fourth-order valence-electron chi connectivity index (χ4n) is 2.78. The average Bonchev–Trinajstić information content (AvgIpc) is 2.53. The molecule has 0 bridgehead atoms. The van der Waals surface area contributed by atoms with Gasteiger partial charge in [-0.05, 0) is 12.1 Å². The topological polar surface area (TPSA) is 21.8 Å². The van der Waals surface area contributed by atoms with Crippen LogP contribution >= 0.6 is 23.2 Å². The van der Waals surface area contributed by atoms with Crippen molar-refractivity contribution in [3.63, 3.8) is 0 Å². The van der Waals surface area contributed by atoms with Crippen molar-refractivity contribution in [3.8, 4) is 0 Å². The minimum absolute atomic E-state index is 0.645. The van der Waals surface area contributed by atoms with Gasteiger partial charge >= 0.3 is 0 Å². The average molecular weight is 324 g/mol. The third-order valence-electron chi connectivity index (χ3n) is 3.98. The number of hydrogen-bond donors (Lipinski definition) is 1.